The molecule has 0 radical (unpaired) electrons. The molecule has 2 aliphatic heterocycles. The largest absolute Gasteiger partial charge is 0.353 e. The van der Waals surface area contributed by atoms with Crippen LogP contribution in [0.4, 0.5) is 11.8 Å². The lowest BCUT2D eigenvalue weighted by Gasteiger charge is -2.40. The molecule has 8 nitrogen and oxygen atoms in total. The van der Waals surface area contributed by atoms with Gasteiger partial charge in [0.15, 0.2) is 0 Å². The molecular weight excluding hydrogens is 520 g/mol. The van der Waals surface area contributed by atoms with Crippen LogP contribution < -0.4 is 9.80 Å². The Morgan fingerprint density at radius 1 is 0.571 bits per heavy atom. The first-order chi connectivity index (χ1) is 20.8. The summed E-state index contributed by atoms with van der Waals surface area (Å²) in [5.74, 6) is 2.76. The summed E-state index contributed by atoms with van der Waals surface area (Å²) in [6, 6.07) is 32.3. The quantitative estimate of drug-likeness (QED) is 0.287. The van der Waals surface area contributed by atoms with Crippen molar-refractivity contribution in [2.75, 3.05) is 62.2 Å². The van der Waals surface area contributed by atoms with Crippen molar-refractivity contribution in [1.82, 2.24) is 29.7 Å². The molecule has 2 aliphatic rings. The zero-order chi connectivity index (χ0) is 28.1. The predicted octanol–water partition coefficient (Wildman–Crippen LogP) is 4.65. The first-order valence-electron chi connectivity index (χ1n) is 14.9. The van der Waals surface area contributed by atoms with Crippen molar-refractivity contribution in [3.63, 3.8) is 0 Å². The average molecular weight is 557 g/mol. The number of fused-ring (bicyclic) bond motifs is 1. The topological polar surface area (TPSA) is 64.5 Å². The molecule has 2 aromatic heterocycles. The SMILES string of the molecule is c1ccc(C(c2ccccc2)N2CCN(c3nc(CN4CCN(c5ncccn5)CC4)nc4ccccc34)CC2)cc1. The minimum Gasteiger partial charge on any atom is -0.353 e. The number of rotatable bonds is 7. The Labute approximate surface area is 247 Å². The van der Waals surface area contributed by atoms with Gasteiger partial charge in [-0.15, -0.1) is 0 Å². The Morgan fingerprint density at radius 3 is 1.83 bits per heavy atom. The Morgan fingerprint density at radius 2 is 1.17 bits per heavy atom. The molecule has 0 N–H and O–H groups in total. The van der Waals surface area contributed by atoms with Crippen molar-refractivity contribution in [3.05, 3.63) is 120 Å². The Hall–Kier alpha value is -4.40. The third-order valence-electron chi connectivity index (χ3n) is 8.41. The minimum atomic E-state index is 0.243. The van der Waals surface area contributed by atoms with E-state index in [0.29, 0.717) is 0 Å². The first-order valence-corrected chi connectivity index (χ1v) is 14.9. The fourth-order valence-corrected chi connectivity index (χ4v) is 6.26. The lowest BCUT2D eigenvalue weighted by molar-refractivity contribution is 0.212. The van der Waals surface area contributed by atoms with E-state index in [2.05, 4.69) is 114 Å². The van der Waals surface area contributed by atoms with Crippen molar-refractivity contribution >= 4 is 22.7 Å². The number of hydrogen-bond acceptors (Lipinski definition) is 8. The van der Waals surface area contributed by atoms with Gasteiger partial charge in [0.2, 0.25) is 5.95 Å². The van der Waals surface area contributed by atoms with Crippen LogP contribution in [0.5, 0.6) is 0 Å². The molecule has 4 heterocycles. The Balaban J connectivity index is 1.08. The van der Waals surface area contributed by atoms with Crippen LogP contribution in [0.2, 0.25) is 0 Å². The number of anilines is 2. The standard InChI is InChI=1S/C34H36N8/c1-3-10-27(11-4-1)32(28-12-5-2-6-13-28)40-22-24-41(25-23-40)33-29-14-7-8-15-30(29)37-31(38-33)26-39-18-20-42(21-19-39)34-35-16-9-17-36-34/h1-17,32H,18-26H2. The molecule has 2 fully saturated rings. The van der Waals surface area contributed by atoms with Crippen LogP contribution in [0.15, 0.2) is 103 Å². The second kappa shape index (κ2) is 12.2. The summed E-state index contributed by atoms with van der Waals surface area (Å²) in [5, 5.41) is 1.13. The van der Waals surface area contributed by atoms with Crippen LogP contribution in [-0.4, -0.2) is 82.1 Å². The maximum atomic E-state index is 5.20. The summed E-state index contributed by atoms with van der Waals surface area (Å²) in [4.78, 5) is 28.8. The maximum absolute atomic E-state index is 5.20. The average Bonchev–Trinajstić information content (AvgIpc) is 3.07. The summed E-state index contributed by atoms with van der Waals surface area (Å²) in [7, 11) is 0. The molecule has 212 valence electrons. The third kappa shape index (κ3) is 5.68. The van der Waals surface area contributed by atoms with Gasteiger partial charge in [0.1, 0.15) is 11.6 Å². The predicted molar refractivity (Wildman–Crippen MR) is 168 cm³/mol. The van der Waals surface area contributed by atoms with Crippen LogP contribution in [0.3, 0.4) is 0 Å². The van der Waals surface area contributed by atoms with E-state index in [0.717, 1.165) is 87.4 Å². The number of aromatic nitrogens is 4. The van der Waals surface area contributed by atoms with Crippen molar-refractivity contribution in [1.29, 1.82) is 0 Å². The molecule has 0 unspecified atom stereocenters. The Bertz CT molecular complexity index is 1540. The van der Waals surface area contributed by atoms with E-state index in [9.17, 15) is 0 Å². The molecule has 3 aromatic carbocycles. The lowest BCUT2D eigenvalue weighted by Crippen LogP contribution is -2.48. The van der Waals surface area contributed by atoms with Crippen molar-refractivity contribution < 1.29 is 0 Å². The summed E-state index contributed by atoms with van der Waals surface area (Å²) in [6.45, 7) is 8.18. The first kappa shape index (κ1) is 26.5. The fraction of sp³-hybridized carbons (Fsp3) is 0.294. The molecule has 0 amide bonds. The number of para-hydroxylation sites is 1. The molecule has 0 aliphatic carbocycles. The molecule has 2 saturated heterocycles. The zero-order valence-electron chi connectivity index (χ0n) is 23.8. The minimum absolute atomic E-state index is 0.243. The van der Waals surface area contributed by atoms with Crippen molar-refractivity contribution in [3.8, 4) is 0 Å². The van der Waals surface area contributed by atoms with Gasteiger partial charge in [-0.3, -0.25) is 9.80 Å². The van der Waals surface area contributed by atoms with Gasteiger partial charge in [-0.1, -0.05) is 72.8 Å². The highest BCUT2D eigenvalue weighted by atomic mass is 15.3. The molecule has 0 atom stereocenters. The van der Waals surface area contributed by atoms with Crippen LogP contribution in [0, 0.1) is 0 Å². The molecule has 0 bridgehead atoms. The smallest absolute Gasteiger partial charge is 0.225 e. The van der Waals surface area contributed by atoms with Crippen molar-refractivity contribution in [2.45, 2.75) is 12.6 Å². The lowest BCUT2D eigenvalue weighted by atomic mass is 9.96. The number of benzene rings is 3. The fourth-order valence-electron chi connectivity index (χ4n) is 6.26. The maximum Gasteiger partial charge on any atom is 0.225 e. The van der Waals surface area contributed by atoms with E-state index in [1.54, 1.807) is 0 Å². The Kier molecular flexibility index (Phi) is 7.71. The van der Waals surface area contributed by atoms with Gasteiger partial charge in [-0.2, -0.15) is 0 Å². The van der Waals surface area contributed by atoms with E-state index in [1.165, 1.54) is 11.1 Å². The highest BCUT2D eigenvalue weighted by molar-refractivity contribution is 5.89. The monoisotopic (exact) mass is 556 g/mol. The second-order valence-corrected chi connectivity index (χ2v) is 11.0. The number of piperazine rings is 2. The molecule has 42 heavy (non-hydrogen) atoms. The van der Waals surface area contributed by atoms with Crippen LogP contribution in [0.1, 0.15) is 23.0 Å². The number of hydrogen-bond donors (Lipinski definition) is 0. The highest BCUT2D eigenvalue weighted by Gasteiger charge is 2.28. The molecule has 0 spiro atoms. The molecular formula is C34H36N8. The third-order valence-corrected chi connectivity index (χ3v) is 8.41. The van der Waals surface area contributed by atoms with Gasteiger partial charge in [0.05, 0.1) is 18.1 Å². The molecule has 5 aromatic rings. The summed E-state index contributed by atoms with van der Waals surface area (Å²) >= 11 is 0. The molecule has 0 saturated carbocycles. The number of nitrogens with zero attached hydrogens (tertiary/aromatic N) is 8. The van der Waals surface area contributed by atoms with E-state index in [-0.39, 0.29) is 6.04 Å². The van der Waals surface area contributed by atoms with Crippen molar-refractivity contribution in [2.24, 2.45) is 0 Å². The van der Waals surface area contributed by atoms with E-state index in [4.69, 9.17) is 9.97 Å². The van der Waals surface area contributed by atoms with Crippen LogP contribution >= 0.6 is 0 Å². The van der Waals surface area contributed by atoms with Gasteiger partial charge in [0.25, 0.3) is 0 Å². The van der Waals surface area contributed by atoms with Gasteiger partial charge < -0.3 is 9.80 Å². The van der Waals surface area contributed by atoms with Gasteiger partial charge >= 0.3 is 0 Å². The summed E-state index contributed by atoms with van der Waals surface area (Å²) < 4.78 is 0. The summed E-state index contributed by atoms with van der Waals surface area (Å²) in [6.07, 6.45) is 3.62. The van der Waals surface area contributed by atoms with Gasteiger partial charge in [-0.25, -0.2) is 19.9 Å². The van der Waals surface area contributed by atoms with E-state index in [1.807, 2.05) is 18.5 Å². The second-order valence-electron chi connectivity index (χ2n) is 11.0. The van der Waals surface area contributed by atoms with Crippen LogP contribution in [0.25, 0.3) is 10.9 Å². The summed E-state index contributed by atoms with van der Waals surface area (Å²) in [5.41, 5.74) is 3.69. The van der Waals surface area contributed by atoms with Crippen LogP contribution in [-0.2, 0) is 6.54 Å². The van der Waals surface area contributed by atoms with E-state index < -0.39 is 0 Å². The van der Waals surface area contributed by atoms with Gasteiger partial charge in [-0.05, 0) is 29.3 Å². The highest BCUT2D eigenvalue weighted by Crippen LogP contribution is 2.31. The molecule has 7 rings (SSSR count). The zero-order valence-corrected chi connectivity index (χ0v) is 23.8. The van der Waals surface area contributed by atoms with Gasteiger partial charge in [0, 0.05) is 70.1 Å². The molecule has 8 heteroatoms. The normalized spacial score (nSPS) is 16.8. The van der Waals surface area contributed by atoms with E-state index >= 15 is 0 Å².